The smallest absolute Gasteiger partial charge is 0.226 e. The zero-order chi connectivity index (χ0) is 17.7. The van der Waals surface area contributed by atoms with E-state index >= 15 is 0 Å². The molecule has 0 bridgehead atoms. The Hall–Kier alpha value is -1.70. The van der Waals surface area contributed by atoms with Gasteiger partial charge in [-0.25, -0.2) is 0 Å². The number of aromatic nitrogens is 2. The molecule has 2 aliphatic heterocycles. The topological polar surface area (TPSA) is 84.3 Å². The Morgan fingerprint density at radius 3 is 2.68 bits per heavy atom. The van der Waals surface area contributed by atoms with Crippen LogP contribution in [0.3, 0.4) is 0 Å². The maximum absolute atomic E-state index is 12.9. The zero-order valence-electron chi connectivity index (χ0n) is 14.6. The highest BCUT2D eigenvalue weighted by Gasteiger charge is 2.50. The average Bonchev–Trinajstić information content (AvgIpc) is 3.12. The van der Waals surface area contributed by atoms with Crippen LogP contribution in [-0.4, -0.2) is 54.3 Å². The lowest BCUT2D eigenvalue weighted by Crippen LogP contribution is -2.41. The summed E-state index contributed by atoms with van der Waals surface area (Å²) >= 11 is 0. The van der Waals surface area contributed by atoms with Gasteiger partial charge in [0.2, 0.25) is 11.8 Å². The van der Waals surface area contributed by atoms with Crippen LogP contribution in [0.4, 0.5) is 0 Å². The van der Waals surface area contributed by atoms with Crippen LogP contribution in [0.1, 0.15) is 43.0 Å². The lowest BCUT2D eigenvalue weighted by Gasteiger charge is -2.28. The molecule has 7 nitrogen and oxygen atoms in total. The first-order valence-electron chi connectivity index (χ1n) is 8.90. The van der Waals surface area contributed by atoms with Crippen molar-refractivity contribution < 1.29 is 13.8 Å². The van der Waals surface area contributed by atoms with Crippen LogP contribution >= 0.6 is 0 Å². The minimum atomic E-state index is -0.833. The molecule has 0 spiro atoms. The Balaban J connectivity index is 1.60. The van der Waals surface area contributed by atoms with Gasteiger partial charge in [-0.15, -0.1) is 0 Å². The van der Waals surface area contributed by atoms with Gasteiger partial charge in [-0.05, 0) is 26.2 Å². The number of nitrogens with one attached hydrogen (secondary N) is 1. The first-order chi connectivity index (χ1) is 12.0. The van der Waals surface area contributed by atoms with Gasteiger partial charge >= 0.3 is 0 Å². The Bertz CT molecular complexity index is 742. The van der Waals surface area contributed by atoms with E-state index in [-0.39, 0.29) is 36.4 Å². The van der Waals surface area contributed by atoms with Crippen LogP contribution in [0.25, 0.3) is 0 Å². The number of likely N-dealkylation sites (tertiary alicyclic amines) is 1. The van der Waals surface area contributed by atoms with Crippen molar-refractivity contribution in [2.45, 2.75) is 50.7 Å². The van der Waals surface area contributed by atoms with Crippen LogP contribution in [0.15, 0.2) is 6.20 Å². The maximum Gasteiger partial charge on any atom is 0.226 e. The predicted molar refractivity (Wildman–Crippen MR) is 93.1 cm³/mol. The largest absolute Gasteiger partial charge is 0.352 e. The summed E-state index contributed by atoms with van der Waals surface area (Å²) in [6.07, 6.45) is 4.81. The van der Waals surface area contributed by atoms with Crippen molar-refractivity contribution >= 4 is 22.6 Å². The Labute approximate surface area is 149 Å². The van der Waals surface area contributed by atoms with Gasteiger partial charge in [0.25, 0.3) is 0 Å². The normalized spacial score (nSPS) is 32.4. The summed E-state index contributed by atoms with van der Waals surface area (Å²) in [5.41, 5.74) is 1.96. The van der Waals surface area contributed by atoms with Crippen molar-refractivity contribution in [1.82, 2.24) is 20.0 Å². The van der Waals surface area contributed by atoms with E-state index in [0.717, 1.165) is 30.5 Å². The Kier molecular flexibility index (Phi) is 4.17. The summed E-state index contributed by atoms with van der Waals surface area (Å²) in [4.78, 5) is 27.5. The first kappa shape index (κ1) is 16.8. The molecular weight excluding hydrogens is 340 g/mol. The van der Waals surface area contributed by atoms with Crippen LogP contribution in [0.2, 0.25) is 0 Å². The summed E-state index contributed by atoms with van der Waals surface area (Å²) in [6, 6.07) is -0.0106. The van der Waals surface area contributed by atoms with Crippen molar-refractivity contribution in [2.24, 2.45) is 13.0 Å². The average molecular weight is 364 g/mol. The van der Waals surface area contributed by atoms with Gasteiger partial charge in [-0.2, -0.15) is 5.10 Å². The molecule has 3 fully saturated rings. The summed E-state index contributed by atoms with van der Waals surface area (Å²) in [5.74, 6) is 0.744. The summed E-state index contributed by atoms with van der Waals surface area (Å²) in [7, 11) is 1.04. The van der Waals surface area contributed by atoms with E-state index < -0.39 is 16.7 Å². The number of hydrogen-bond donors (Lipinski definition) is 1. The van der Waals surface area contributed by atoms with Crippen LogP contribution < -0.4 is 5.32 Å². The fourth-order valence-electron chi connectivity index (χ4n) is 4.03. The first-order valence-corrected chi connectivity index (χ1v) is 10.4. The molecule has 1 saturated carbocycles. The molecule has 2 unspecified atom stereocenters. The van der Waals surface area contributed by atoms with E-state index in [4.69, 9.17) is 0 Å². The molecule has 1 aromatic rings. The van der Waals surface area contributed by atoms with Gasteiger partial charge in [0.05, 0.1) is 18.2 Å². The molecule has 0 radical (unpaired) electrons. The van der Waals surface area contributed by atoms with Crippen LogP contribution in [-0.2, 0) is 27.4 Å². The summed E-state index contributed by atoms with van der Waals surface area (Å²) < 4.78 is 13.4. The zero-order valence-corrected chi connectivity index (χ0v) is 15.4. The molecule has 2 amide bonds. The second-order valence-electron chi connectivity index (χ2n) is 7.40. The molecule has 2 saturated heterocycles. The lowest BCUT2D eigenvalue weighted by atomic mass is 9.92. The predicted octanol–water partition coefficient (Wildman–Crippen LogP) is 0.418. The third kappa shape index (κ3) is 3.01. The molecular formula is C17H24N4O3S. The number of aryl methyl sites for hydroxylation is 1. The number of hydrogen-bond acceptors (Lipinski definition) is 4. The molecule has 3 aliphatic rings. The standard InChI is InChI=1S/C17H24N4O3S/c1-10-14(8-18-20(10)2)16-13(7-15(22)21(16)12-3-4-12)17(23)19-11-5-6-25(24)9-11/h8,11-13,16H,3-7,9H2,1-2H3,(H,19,23)/t11?,13-,16-,25?/m0/s1. The molecule has 4 atom stereocenters. The summed E-state index contributed by atoms with van der Waals surface area (Å²) in [5, 5.41) is 7.35. The fourth-order valence-corrected chi connectivity index (χ4v) is 5.45. The quantitative estimate of drug-likeness (QED) is 0.839. The molecule has 25 heavy (non-hydrogen) atoms. The van der Waals surface area contributed by atoms with Crippen LogP contribution in [0, 0.1) is 12.8 Å². The van der Waals surface area contributed by atoms with E-state index in [1.807, 2.05) is 18.9 Å². The van der Waals surface area contributed by atoms with Crippen LogP contribution in [0.5, 0.6) is 0 Å². The van der Waals surface area contributed by atoms with E-state index in [1.54, 1.807) is 10.9 Å². The minimum absolute atomic E-state index is 0.0333. The molecule has 1 aromatic heterocycles. The second-order valence-corrected chi connectivity index (χ2v) is 9.02. The third-order valence-corrected chi connectivity index (χ3v) is 7.12. The molecule has 136 valence electrons. The van der Waals surface area contributed by atoms with Gasteiger partial charge in [-0.1, -0.05) is 0 Å². The number of rotatable bonds is 4. The SMILES string of the molecule is Cc1c([C@@H]2[C@@H](C(=O)NC3CCS(=O)C3)CC(=O)N2C2CC2)cnn1C. The van der Waals surface area contributed by atoms with E-state index in [2.05, 4.69) is 10.4 Å². The number of amides is 2. The minimum Gasteiger partial charge on any atom is -0.352 e. The van der Waals surface area contributed by atoms with E-state index in [1.165, 1.54) is 0 Å². The van der Waals surface area contributed by atoms with E-state index in [9.17, 15) is 13.8 Å². The van der Waals surface area contributed by atoms with Gasteiger partial charge in [0, 0.05) is 59.1 Å². The molecule has 1 aliphatic carbocycles. The number of carbonyl (C=O) groups excluding carboxylic acids is 2. The third-order valence-electron chi connectivity index (χ3n) is 5.66. The van der Waals surface area contributed by atoms with Crippen molar-refractivity contribution in [1.29, 1.82) is 0 Å². The van der Waals surface area contributed by atoms with E-state index in [0.29, 0.717) is 11.5 Å². The summed E-state index contributed by atoms with van der Waals surface area (Å²) in [6.45, 7) is 1.98. The van der Waals surface area contributed by atoms with Crippen molar-refractivity contribution in [3.05, 3.63) is 17.5 Å². The van der Waals surface area contributed by atoms with Crippen molar-refractivity contribution in [2.75, 3.05) is 11.5 Å². The van der Waals surface area contributed by atoms with Gasteiger partial charge in [-0.3, -0.25) is 18.5 Å². The Morgan fingerprint density at radius 2 is 2.12 bits per heavy atom. The maximum atomic E-state index is 12.9. The second kappa shape index (κ2) is 6.23. The number of nitrogens with zero attached hydrogens (tertiary/aromatic N) is 3. The highest BCUT2D eigenvalue weighted by molar-refractivity contribution is 7.85. The van der Waals surface area contributed by atoms with Gasteiger partial charge in [0.1, 0.15) is 0 Å². The molecule has 8 heteroatoms. The molecule has 1 N–H and O–H groups in total. The van der Waals surface area contributed by atoms with Gasteiger partial charge in [0.15, 0.2) is 0 Å². The fraction of sp³-hybridized carbons (Fsp3) is 0.706. The Morgan fingerprint density at radius 1 is 1.36 bits per heavy atom. The highest BCUT2D eigenvalue weighted by atomic mass is 32.2. The lowest BCUT2D eigenvalue weighted by molar-refractivity contribution is -0.129. The molecule has 3 heterocycles. The molecule has 0 aromatic carbocycles. The van der Waals surface area contributed by atoms with Gasteiger partial charge < -0.3 is 10.2 Å². The molecule has 4 rings (SSSR count). The monoisotopic (exact) mass is 364 g/mol. The highest BCUT2D eigenvalue weighted by Crippen LogP contribution is 2.45. The number of carbonyl (C=O) groups is 2. The van der Waals surface area contributed by atoms with Crippen molar-refractivity contribution in [3.8, 4) is 0 Å². The van der Waals surface area contributed by atoms with Crippen molar-refractivity contribution in [3.63, 3.8) is 0 Å².